The molecule has 21 heavy (non-hydrogen) atoms. The Labute approximate surface area is 126 Å². The Bertz CT molecular complexity index is 696. The number of nitrogens with one attached hydrogen (secondary N) is 1. The van der Waals surface area contributed by atoms with Crippen LogP contribution < -0.4 is 4.72 Å². The average molecular weight is 307 g/mol. The van der Waals surface area contributed by atoms with Crippen LogP contribution in [0.5, 0.6) is 0 Å². The van der Waals surface area contributed by atoms with Gasteiger partial charge in [-0.25, -0.2) is 13.1 Å². The van der Waals surface area contributed by atoms with Crippen LogP contribution in [0.2, 0.25) is 0 Å². The van der Waals surface area contributed by atoms with Crippen LogP contribution in [0.25, 0.3) is 0 Å². The van der Waals surface area contributed by atoms with Crippen LogP contribution >= 0.6 is 0 Å². The van der Waals surface area contributed by atoms with Crippen molar-refractivity contribution in [3.63, 3.8) is 0 Å². The molecule has 0 bridgehead atoms. The van der Waals surface area contributed by atoms with Gasteiger partial charge in [0.15, 0.2) is 0 Å². The fraction of sp³-hybridized carbons (Fsp3) is 0.500. The van der Waals surface area contributed by atoms with Crippen molar-refractivity contribution in [2.45, 2.75) is 32.1 Å². The highest BCUT2D eigenvalue weighted by Gasteiger charge is 2.45. The summed E-state index contributed by atoms with van der Waals surface area (Å²) >= 11 is 0. The molecular formula is C16H21NO3S. The van der Waals surface area contributed by atoms with Gasteiger partial charge >= 0.3 is 0 Å². The molecule has 0 heterocycles. The number of rotatable bonds is 4. The van der Waals surface area contributed by atoms with Gasteiger partial charge in [-0.3, -0.25) is 0 Å². The number of hydrogen-bond acceptors (Lipinski definition) is 3. The molecule has 1 aliphatic carbocycles. The second-order valence-corrected chi connectivity index (χ2v) is 7.92. The largest absolute Gasteiger partial charge is 0.384 e. The molecule has 1 atom stereocenters. The highest BCUT2D eigenvalue weighted by atomic mass is 32.2. The lowest BCUT2D eigenvalue weighted by molar-refractivity contribution is 0.350. The van der Waals surface area contributed by atoms with E-state index < -0.39 is 10.0 Å². The van der Waals surface area contributed by atoms with Gasteiger partial charge in [0.2, 0.25) is 10.0 Å². The topological polar surface area (TPSA) is 66.4 Å². The molecule has 0 amide bonds. The molecule has 2 N–H and O–H groups in total. The van der Waals surface area contributed by atoms with Crippen LogP contribution in [0.15, 0.2) is 23.1 Å². The van der Waals surface area contributed by atoms with Crippen molar-refractivity contribution in [1.29, 1.82) is 0 Å². The van der Waals surface area contributed by atoms with E-state index in [4.69, 9.17) is 5.11 Å². The van der Waals surface area contributed by atoms with Gasteiger partial charge in [0.25, 0.3) is 0 Å². The normalized spacial score (nSPS) is 19.7. The third kappa shape index (κ3) is 3.85. The molecule has 0 spiro atoms. The molecule has 4 nitrogen and oxygen atoms in total. The molecule has 1 saturated carbocycles. The Balaban J connectivity index is 2.18. The summed E-state index contributed by atoms with van der Waals surface area (Å²) < 4.78 is 27.5. The van der Waals surface area contributed by atoms with Gasteiger partial charge in [0, 0.05) is 12.1 Å². The zero-order valence-corrected chi connectivity index (χ0v) is 13.4. The summed E-state index contributed by atoms with van der Waals surface area (Å²) in [6.07, 6.45) is 1.05. The molecular weight excluding hydrogens is 286 g/mol. The Kier molecular flexibility index (Phi) is 4.43. The number of benzene rings is 1. The van der Waals surface area contributed by atoms with Crippen LogP contribution in [-0.2, 0) is 10.0 Å². The first-order chi connectivity index (χ1) is 9.76. The molecule has 0 aromatic heterocycles. The molecule has 114 valence electrons. The first-order valence-electron chi connectivity index (χ1n) is 6.96. The molecule has 1 aliphatic rings. The van der Waals surface area contributed by atoms with Crippen LogP contribution in [0.1, 0.15) is 31.4 Å². The zero-order chi connectivity index (χ0) is 15.7. The van der Waals surface area contributed by atoms with E-state index in [2.05, 4.69) is 30.4 Å². The van der Waals surface area contributed by atoms with Crippen molar-refractivity contribution < 1.29 is 13.5 Å². The molecule has 0 radical (unpaired) electrons. The predicted octanol–water partition coefficient (Wildman–Crippen LogP) is 1.66. The summed E-state index contributed by atoms with van der Waals surface area (Å²) in [5.41, 5.74) is 1.51. The van der Waals surface area contributed by atoms with Crippen molar-refractivity contribution in [1.82, 2.24) is 4.72 Å². The van der Waals surface area contributed by atoms with Crippen molar-refractivity contribution in [3.05, 3.63) is 29.3 Å². The van der Waals surface area contributed by atoms with Gasteiger partial charge in [-0.15, -0.1) is 0 Å². The van der Waals surface area contributed by atoms with Gasteiger partial charge in [-0.1, -0.05) is 31.8 Å². The zero-order valence-electron chi connectivity index (χ0n) is 12.6. The maximum Gasteiger partial charge on any atom is 0.240 e. The first kappa shape index (κ1) is 16.0. The Hall–Kier alpha value is -1.35. The van der Waals surface area contributed by atoms with Crippen molar-refractivity contribution >= 4 is 10.0 Å². The quantitative estimate of drug-likeness (QED) is 0.832. The van der Waals surface area contributed by atoms with Gasteiger partial charge in [-0.2, -0.15) is 0 Å². The minimum absolute atomic E-state index is 0.242. The smallest absolute Gasteiger partial charge is 0.240 e. The number of sulfonamides is 1. The van der Waals surface area contributed by atoms with E-state index in [1.807, 2.05) is 0 Å². The van der Waals surface area contributed by atoms with Crippen LogP contribution in [0.4, 0.5) is 0 Å². The predicted molar refractivity (Wildman–Crippen MR) is 82.2 cm³/mol. The monoisotopic (exact) mass is 307 g/mol. The van der Waals surface area contributed by atoms with Gasteiger partial charge in [0.05, 0.1) is 4.90 Å². The summed E-state index contributed by atoms with van der Waals surface area (Å²) in [5.74, 6) is 5.66. The minimum atomic E-state index is -3.52. The van der Waals surface area contributed by atoms with Gasteiger partial charge in [-0.05, 0) is 42.4 Å². The van der Waals surface area contributed by atoms with Crippen molar-refractivity contribution in [2.75, 3.05) is 13.2 Å². The summed E-state index contributed by atoms with van der Waals surface area (Å²) in [7, 11) is -3.52. The van der Waals surface area contributed by atoms with Crippen LogP contribution in [-0.4, -0.2) is 26.7 Å². The number of aryl methyl sites for hydroxylation is 1. The number of hydrogen-bond donors (Lipinski definition) is 2. The molecule has 1 unspecified atom stereocenters. The summed E-state index contributed by atoms with van der Waals surface area (Å²) in [5, 5.41) is 8.71. The third-order valence-corrected chi connectivity index (χ3v) is 5.59. The maximum absolute atomic E-state index is 12.4. The summed E-state index contributed by atoms with van der Waals surface area (Å²) in [6, 6.07) is 5.04. The summed E-state index contributed by atoms with van der Waals surface area (Å²) in [6.45, 7) is 6.27. The van der Waals surface area contributed by atoms with Crippen molar-refractivity contribution in [2.24, 2.45) is 11.3 Å². The Morgan fingerprint density at radius 2 is 2.10 bits per heavy atom. The van der Waals surface area contributed by atoms with E-state index >= 15 is 0 Å². The van der Waals surface area contributed by atoms with E-state index in [1.54, 1.807) is 25.1 Å². The summed E-state index contributed by atoms with van der Waals surface area (Å²) in [4.78, 5) is 0.255. The third-order valence-electron chi connectivity index (χ3n) is 4.03. The number of aliphatic hydroxyl groups is 1. The molecule has 2 rings (SSSR count). The van der Waals surface area contributed by atoms with E-state index in [1.165, 1.54) is 0 Å². The fourth-order valence-electron chi connectivity index (χ4n) is 2.32. The Morgan fingerprint density at radius 1 is 1.43 bits per heavy atom. The molecule has 1 fully saturated rings. The Morgan fingerprint density at radius 3 is 2.67 bits per heavy atom. The number of aliphatic hydroxyl groups excluding tert-OH is 1. The highest BCUT2D eigenvalue weighted by Crippen LogP contribution is 2.51. The highest BCUT2D eigenvalue weighted by molar-refractivity contribution is 7.89. The SMILES string of the molecule is Cc1ccc(C#CCO)cc1S(=O)(=O)NCC1CC1(C)C. The lowest BCUT2D eigenvalue weighted by Gasteiger charge is -2.10. The molecule has 0 saturated heterocycles. The van der Waals surface area contributed by atoms with E-state index in [9.17, 15) is 8.42 Å². The maximum atomic E-state index is 12.4. The molecule has 1 aromatic carbocycles. The van der Waals surface area contributed by atoms with Gasteiger partial charge in [0.1, 0.15) is 6.61 Å². The molecule has 1 aromatic rings. The first-order valence-corrected chi connectivity index (χ1v) is 8.44. The second kappa shape index (κ2) is 5.80. The lowest BCUT2D eigenvalue weighted by Crippen LogP contribution is -2.27. The fourth-order valence-corrected chi connectivity index (χ4v) is 3.67. The van der Waals surface area contributed by atoms with Crippen LogP contribution in [0, 0.1) is 30.1 Å². The average Bonchev–Trinajstić information content (AvgIpc) is 3.03. The van der Waals surface area contributed by atoms with E-state index in [0.717, 1.165) is 6.42 Å². The molecule has 5 heteroatoms. The standard InChI is InChI=1S/C16H21NO3S/c1-12-6-7-13(5-4-8-18)9-15(12)21(19,20)17-11-14-10-16(14,2)3/h6-7,9,14,17-18H,8,10-11H2,1-3H3. The van der Waals surface area contributed by atoms with E-state index in [-0.39, 0.29) is 16.9 Å². The molecule has 0 aliphatic heterocycles. The van der Waals surface area contributed by atoms with E-state index in [0.29, 0.717) is 23.6 Å². The minimum Gasteiger partial charge on any atom is -0.384 e. The lowest BCUT2D eigenvalue weighted by atomic mass is 10.1. The van der Waals surface area contributed by atoms with Crippen molar-refractivity contribution in [3.8, 4) is 11.8 Å². The second-order valence-electron chi connectivity index (χ2n) is 6.18. The van der Waals surface area contributed by atoms with Gasteiger partial charge < -0.3 is 5.11 Å². The van der Waals surface area contributed by atoms with Crippen LogP contribution in [0.3, 0.4) is 0 Å².